The van der Waals surface area contributed by atoms with E-state index in [4.69, 9.17) is 5.11 Å². The van der Waals surface area contributed by atoms with Crippen LogP contribution in [0, 0.1) is 5.92 Å². The molecule has 0 spiro atoms. The predicted octanol–water partition coefficient (Wildman–Crippen LogP) is -0.448. The zero-order valence-corrected chi connectivity index (χ0v) is 9.56. The third-order valence-corrected chi connectivity index (χ3v) is 2.15. The van der Waals surface area contributed by atoms with Crippen LogP contribution in [0.3, 0.4) is 0 Å². The van der Waals surface area contributed by atoms with Crippen molar-refractivity contribution in [2.45, 2.75) is 39.3 Å². The van der Waals surface area contributed by atoms with Crippen LogP contribution in [0.25, 0.3) is 0 Å². The molecule has 1 amide bonds. The lowest BCUT2D eigenvalue weighted by molar-refractivity contribution is -0.141. The first-order chi connectivity index (χ1) is 7.25. The van der Waals surface area contributed by atoms with Crippen LogP contribution >= 0.6 is 0 Å². The van der Waals surface area contributed by atoms with Crippen molar-refractivity contribution >= 4 is 17.7 Å². The lowest BCUT2D eigenvalue weighted by Gasteiger charge is -2.20. The van der Waals surface area contributed by atoms with Gasteiger partial charge >= 0.3 is 5.97 Å². The topological polar surface area (TPSA) is 104 Å². The first kappa shape index (κ1) is 14.6. The Morgan fingerprint density at radius 1 is 1.25 bits per heavy atom. The van der Waals surface area contributed by atoms with Gasteiger partial charge in [0.25, 0.3) is 0 Å². The smallest absolute Gasteiger partial charge is 0.304 e. The summed E-state index contributed by atoms with van der Waals surface area (Å²) in [5.74, 6) is -2.74. The van der Waals surface area contributed by atoms with E-state index in [-0.39, 0.29) is 12.2 Å². The molecule has 3 atom stereocenters. The number of aliphatic carboxylic acids is 1. The van der Waals surface area contributed by atoms with E-state index in [2.05, 4.69) is 5.32 Å². The number of carbonyl (C=O) groups excluding carboxylic acids is 2. The van der Waals surface area contributed by atoms with Crippen molar-refractivity contribution < 1.29 is 24.6 Å². The molecule has 0 fully saturated rings. The Bertz CT molecular complexity index is 287. The van der Waals surface area contributed by atoms with Crippen molar-refractivity contribution in [3.63, 3.8) is 0 Å². The molecule has 0 rings (SSSR count). The number of rotatable bonds is 6. The van der Waals surface area contributed by atoms with E-state index in [1.165, 1.54) is 20.8 Å². The molecule has 3 N–H and O–H groups in total. The van der Waals surface area contributed by atoms with Crippen LogP contribution in [0.5, 0.6) is 0 Å². The van der Waals surface area contributed by atoms with Gasteiger partial charge in [-0.05, 0) is 13.8 Å². The minimum Gasteiger partial charge on any atom is -0.481 e. The average Bonchev–Trinajstić information content (AvgIpc) is 2.11. The molecule has 0 unspecified atom stereocenters. The fraction of sp³-hybridized carbons (Fsp3) is 0.700. The normalized spacial score (nSPS) is 16.0. The van der Waals surface area contributed by atoms with Gasteiger partial charge in [-0.25, -0.2) is 0 Å². The van der Waals surface area contributed by atoms with E-state index < -0.39 is 29.9 Å². The molecule has 0 saturated heterocycles. The van der Waals surface area contributed by atoms with Crippen LogP contribution in [-0.2, 0) is 14.4 Å². The van der Waals surface area contributed by atoms with Gasteiger partial charge in [0.15, 0.2) is 5.78 Å². The average molecular weight is 231 g/mol. The van der Waals surface area contributed by atoms with Gasteiger partial charge in [-0.15, -0.1) is 0 Å². The monoisotopic (exact) mass is 231 g/mol. The maximum atomic E-state index is 11.5. The van der Waals surface area contributed by atoms with Gasteiger partial charge in [0.05, 0.1) is 12.5 Å². The second-order valence-electron chi connectivity index (χ2n) is 3.84. The summed E-state index contributed by atoms with van der Waals surface area (Å²) in [5.41, 5.74) is 0. The van der Waals surface area contributed by atoms with Gasteiger partial charge in [-0.2, -0.15) is 0 Å². The highest BCUT2D eigenvalue weighted by atomic mass is 16.4. The molecule has 0 aromatic carbocycles. The number of aliphatic hydroxyl groups excluding tert-OH is 1. The Balaban J connectivity index is 4.40. The number of carboxylic acid groups (broad SMARTS) is 1. The lowest BCUT2D eigenvalue weighted by Crippen LogP contribution is -2.48. The number of carbonyl (C=O) groups is 3. The Morgan fingerprint density at radius 3 is 2.06 bits per heavy atom. The summed E-state index contributed by atoms with van der Waals surface area (Å²) < 4.78 is 0. The molecule has 0 aliphatic heterocycles. The summed E-state index contributed by atoms with van der Waals surface area (Å²) in [5, 5.41) is 20.1. The number of amides is 1. The highest BCUT2D eigenvalue weighted by Crippen LogP contribution is 2.04. The number of Topliss-reactive ketones (excluding diaryl/α,β-unsaturated/α-hetero) is 1. The molecule has 92 valence electrons. The van der Waals surface area contributed by atoms with Crippen LogP contribution in [-0.4, -0.2) is 40.0 Å². The molecule has 0 saturated carbocycles. The summed E-state index contributed by atoms with van der Waals surface area (Å²) in [6.45, 7) is 4.08. The molecule has 6 heteroatoms. The maximum Gasteiger partial charge on any atom is 0.304 e. The van der Waals surface area contributed by atoms with E-state index in [1.54, 1.807) is 0 Å². The fourth-order valence-corrected chi connectivity index (χ4v) is 1.21. The molecule has 0 aliphatic rings. The van der Waals surface area contributed by atoms with Crippen molar-refractivity contribution in [2.24, 2.45) is 5.92 Å². The van der Waals surface area contributed by atoms with E-state index in [9.17, 15) is 19.5 Å². The Hall–Kier alpha value is -1.43. The van der Waals surface area contributed by atoms with E-state index in [0.717, 1.165) is 0 Å². The number of carboxylic acids is 1. The highest BCUT2D eigenvalue weighted by Gasteiger charge is 2.25. The molecule has 0 bridgehead atoms. The Labute approximate surface area is 93.6 Å². The van der Waals surface area contributed by atoms with Gasteiger partial charge in [0, 0.05) is 5.92 Å². The van der Waals surface area contributed by atoms with Crippen molar-refractivity contribution in [1.82, 2.24) is 5.32 Å². The maximum absolute atomic E-state index is 11.5. The number of hydrogen-bond acceptors (Lipinski definition) is 4. The van der Waals surface area contributed by atoms with Crippen LogP contribution in [0.4, 0.5) is 0 Å². The molecule has 16 heavy (non-hydrogen) atoms. The summed E-state index contributed by atoms with van der Waals surface area (Å²) >= 11 is 0. The summed E-state index contributed by atoms with van der Waals surface area (Å²) in [6.07, 6.45) is -1.31. The summed E-state index contributed by atoms with van der Waals surface area (Å²) in [4.78, 5) is 32.9. The summed E-state index contributed by atoms with van der Waals surface area (Å²) in [7, 11) is 0. The SMILES string of the molecule is CC(=O)[C@@H](NC(=O)[C@@H](C)CC(=O)O)[C@@H](C)O. The summed E-state index contributed by atoms with van der Waals surface area (Å²) in [6, 6.07) is -0.983. The minimum absolute atomic E-state index is 0.309. The van der Waals surface area contributed by atoms with Crippen LogP contribution in [0.2, 0.25) is 0 Å². The van der Waals surface area contributed by atoms with Gasteiger partial charge in [-0.1, -0.05) is 6.92 Å². The second-order valence-corrected chi connectivity index (χ2v) is 3.84. The molecule has 0 aliphatic carbocycles. The molecule has 0 aromatic heterocycles. The zero-order valence-electron chi connectivity index (χ0n) is 9.56. The highest BCUT2D eigenvalue weighted by molar-refractivity contribution is 5.89. The molecule has 0 heterocycles. The Morgan fingerprint density at radius 2 is 1.75 bits per heavy atom. The largest absolute Gasteiger partial charge is 0.481 e. The lowest BCUT2D eigenvalue weighted by atomic mass is 10.0. The van der Waals surface area contributed by atoms with Gasteiger partial charge in [-0.3, -0.25) is 14.4 Å². The standard InChI is InChI=1S/C10H17NO5/c1-5(4-8(14)15)10(16)11-9(6(2)12)7(3)13/h5-6,9,12H,4H2,1-3H3,(H,11,16)(H,14,15)/t5-,6+,9-/m0/s1. The molecule has 0 radical (unpaired) electrons. The van der Waals surface area contributed by atoms with Crippen molar-refractivity contribution in [2.75, 3.05) is 0 Å². The number of aliphatic hydroxyl groups is 1. The van der Waals surface area contributed by atoms with Crippen molar-refractivity contribution in [3.05, 3.63) is 0 Å². The van der Waals surface area contributed by atoms with Crippen LogP contribution < -0.4 is 5.32 Å². The quantitative estimate of drug-likeness (QED) is 0.574. The first-order valence-electron chi connectivity index (χ1n) is 4.96. The van der Waals surface area contributed by atoms with E-state index >= 15 is 0 Å². The van der Waals surface area contributed by atoms with Crippen molar-refractivity contribution in [1.29, 1.82) is 0 Å². The molecule has 6 nitrogen and oxygen atoms in total. The van der Waals surface area contributed by atoms with Gasteiger partial charge in [0.1, 0.15) is 6.04 Å². The zero-order chi connectivity index (χ0) is 12.9. The number of ketones is 1. The van der Waals surface area contributed by atoms with E-state index in [1.807, 2.05) is 0 Å². The second kappa shape index (κ2) is 6.22. The van der Waals surface area contributed by atoms with Crippen LogP contribution in [0.15, 0.2) is 0 Å². The van der Waals surface area contributed by atoms with Gasteiger partial charge < -0.3 is 15.5 Å². The van der Waals surface area contributed by atoms with Crippen LogP contribution in [0.1, 0.15) is 27.2 Å². The third kappa shape index (κ3) is 4.88. The molecular weight excluding hydrogens is 214 g/mol. The first-order valence-corrected chi connectivity index (χ1v) is 4.96. The molecule has 0 aromatic rings. The fourth-order valence-electron chi connectivity index (χ4n) is 1.21. The van der Waals surface area contributed by atoms with Crippen molar-refractivity contribution in [3.8, 4) is 0 Å². The molecular formula is C10H17NO5. The third-order valence-electron chi connectivity index (χ3n) is 2.15. The number of nitrogens with one attached hydrogen (secondary N) is 1. The predicted molar refractivity (Wildman–Crippen MR) is 55.7 cm³/mol. The number of hydrogen-bond donors (Lipinski definition) is 3. The van der Waals surface area contributed by atoms with Gasteiger partial charge in [0.2, 0.25) is 5.91 Å². The minimum atomic E-state index is -1.08. The Kier molecular flexibility index (Phi) is 5.66. The van der Waals surface area contributed by atoms with E-state index in [0.29, 0.717) is 0 Å².